The third-order valence-electron chi connectivity index (χ3n) is 2.02. The lowest BCUT2D eigenvalue weighted by molar-refractivity contribution is 0.239. The molecule has 0 saturated heterocycles. The van der Waals surface area contributed by atoms with E-state index < -0.39 is 22.6 Å². The Morgan fingerprint density at radius 2 is 2.00 bits per heavy atom. The van der Waals surface area contributed by atoms with Crippen LogP contribution < -0.4 is 5.32 Å². The van der Waals surface area contributed by atoms with E-state index in [1.807, 2.05) is 0 Å². The van der Waals surface area contributed by atoms with E-state index in [9.17, 15) is 13.4 Å². The van der Waals surface area contributed by atoms with Gasteiger partial charge in [-0.05, 0) is 18.2 Å². The monoisotopic (exact) mass is 252 g/mol. The van der Waals surface area contributed by atoms with Crippen molar-refractivity contribution in [3.63, 3.8) is 0 Å². The van der Waals surface area contributed by atoms with Gasteiger partial charge in [-0.15, -0.1) is 0 Å². The number of rotatable bonds is 1. The first-order valence-electron chi connectivity index (χ1n) is 4.76. The van der Waals surface area contributed by atoms with Gasteiger partial charge in [-0.1, -0.05) is 6.07 Å². The molecule has 17 heavy (non-hydrogen) atoms. The number of hydrogen-bond donors (Lipinski definition) is 1. The number of anilines is 1. The Morgan fingerprint density at radius 3 is 2.65 bits per heavy atom. The van der Waals surface area contributed by atoms with Crippen molar-refractivity contribution >= 4 is 22.5 Å². The first-order chi connectivity index (χ1) is 8.15. The topological polar surface area (TPSA) is 49.4 Å². The van der Waals surface area contributed by atoms with Crippen molar-refractivity contribution < 1.29 is 13.4 Å². The number of carbonyl (C=O) groups excluding carboxylic acids is 1. The zero-order valence-electron chi connectivity index (χ0n) is 8.67. The normalized spacial score (nSPS) is 15.0. The first-order valence-corrected chi connectivity index (χ1v) is 6.04. The van der Waals surface area contributed by atoms with Crippen molar-refractivity contribution in [3.05, 3.63) is 53.3 Å². The lowest BCUT2D eigenvalue weighted by Gasteiger charge is -2.16. The molecule has 1 aromatic rings. The smallest absolute Gasteiger partial charge is 0.307 e. The minimum atomic E-state index is -1.17. The highest BCUT2D eigenvalue weighted by atomic mass is 32.2. The SMILES string of the molecule is O=C(Nc1cccc(F)c1)N1C=CS(=O)C=C1. The van der Waals surface area contributed by atoms with Gasteiger partial charge in [0, 0.05) is 28.9 Å². The zero-order valence-corrected chi connectivity index (χ0v) is 9.49. The molecule has 0 aliphatic carbocycles. The van der Waals surface area contributed by atoms with Crippen LogP contribution in [0.5, 0.6) is 0 Å². The molecule has 2 rings (SSSR count). The maximum absolute atomic E-state index is 12.9. The largest absolute Gasteiger partial charge is 0.329 e. The number of hydrogen-bond acceptors (Lipinski definition) is 2. The zero-order chi connectivity index (χ0) is 12.3. The molecule has 0 bridgehead atoms. The predicted octanol–water partition coefficient (Wildman–Crippen LogP) is 2.36. The van der Waals surface area contributed by atoms with Crippen LogP contribution in [-0.2, 0) is 10.8 Å². The van der Waals surface area contributed by atoms with Gasteiger partial charge in [0.2, 0.25) is 0 Å². The molecular formula is C11H9FN2O2S. The van der Waals surface area contributed by atoms with Gasteiger partial charge >= 0.3 is 6.03 Å². The summed E-state index contributed by atoms with van der Waals surface area (Å²) in [6.45, 7) is 0. The minimum absolute atomic E-state index is 0.364. The minimum Gasteiger partial charge on any atom is -0.307 e. The Balaban J connectivity index is 2.05. The number of amides is 2. The van der Waals surface area contributed by atoms with Gasteiger partial charge in [0.25, 0.3) is 0 Å². The number of nitrogens with zero attached hydrogens (tertiary/aromatic N) is 1. The van der Waals surface area contributed by atoms with Crippen molar-refractivity contribution in [1.82, 2.24) is 4.90 Å². The molecule has 6 heteroatoms. The molecule has 0 spiro atoms. The van der Waals surface area contributed by atoms with Gasteiger partial charge in [0.05, 0.1) is 10.8 Å². The maximum Gasteiger partial charge on any atom is 0.329 e. The molecule has 0 radical (unpaired) electrons. The predicted molar refractivity (Wildman–Crippen MR) is 63.7 cm³/mol. The summed E-state index contributed by atoms with van der Waals surface area (Å²) in [7, 11) is -1.17. The van der Waals surface area contributed by atoms with Crippen molar-refractivity contribution in [1.29, 1.82) is 0 Å². The fourth-order valence-corrected chi connectivity index (χ4v) is 1.83. The van der Waals surface area contributed by atoms with E-state index in [1.54, 1.807) is 6.07 Å². The summed E-state index contributed by atoms with van der Waals surface area (Å²) in [5.41, 5.74) is 0.364. The van der Waals surface area contributed by atoms with E-state index in [2.05, 4.69) is 5.32 Å². The highest BCUT2D eigenvalue weighted by Gasteiger charge is 2.11. The number of urea groups is 1. The van der Waals surface area contributed by atoms with Gasteiger partial charge in [-0.2, -0.15) is 0 Å². The summed E-state index contributed by atoms with van der Waals surface area (Å²) in [5.74, 6) is -0.423. The van der Waals surface area contributed by atoms with Crippen LogP contribution in [0.25, 0.3) is 0 Å². The van der Waals surface area contributed by atoms with Crippen molar-refractivity contribution in [2.45, 2.75) is 0 Å². The number of benzene rings is 1. The van der Waals surface area contributed by atoms with Crippen LogP contribution in [0.15, 0.2) is 47.5 Å². The fraction of sp³-hybridized carbons (Fsp3) is 0. The summed E-state index contributed by atoms with van der Waals surface area (Å²) in [4.78, 5) is 12.9. The molecule has 1 N–H and O–H groups in total. The van der Waals surface area contributed by atoms with E-state index in [0.717, 1.165) is 0 Å². The van der Waals surface area contributed by atoms with E-state index in [4.69, 9.17) is 0 Å². The number of halogens is 1. The van der Waals surface area contributed by atoms with Crippen LogP contribution in [0.4, 0.5) is 14.9 Å². The molecule has 1 aliphatic heterocycles. The van der Waals surface area contributed by atoms with Gasteiger partial charge in [0.15, 0.2) is 0 Å². The molecule has 0 unspecified atom stereocenters. The highest BCUT2D eigenvalue weighted by Crippen LogP contribution is 2.11. The Bertz CT molecular complexity index is 512. The molecule has 2 amide bonds. The van der Waals surface area contributed by atoms with Crippen LogP contribution in [0.1, 0.15) is 0 Å². The molecule has 88 valence electrons. The van der Waals surface area contributed by atoms with Crippen molar-refractivity contribution in [3.8, 4) is 0 Å². The molecule has 0 atom stereocenters. The fourth-order valence-electron chi connectivity index (χ4n) is 1.24. The molecule has 4 nitrogen and oxygen atoms in total. The summed E-state index contributed by atoms with van der Waals surface area (Å²) >= 11 is 0. The van der Waals surface area contributed by atoms with Crippen molar-refractivity contribution in [2.75, 3.05) is 5.32 Å². The Hall–Kier alpha value is -1.95. The maximum atomic E-state index is 12.9. The Labute approximate surface area is 99.9 Å². The van der Waals surface area contributed by atoms with E-state index >= 15 is 0 Å². The highest BCUT2D eigenvalue weighted by molar-refractivity contribution is 7.90. The second kappa shape index (κ2) is 4.92. The third kappa shape index (κ3) is 3.01. The summed E-state index contributed by atoms with van der Waals surface area (Å²) in [5, 5.41) is 5.27. The summed E-state index contributed by atoms with van der Waals surface area (Å²) in [6, 6.07) is 5.14. The Kier molecular flexibility index (Phi) is 3.34. The van der Waals surface area contributed by atoms with E-state index in [-0.39, 0.29) is 0 Å². The number of nitrogens with one attached hydrogen (secondary N) is 1. The quantitative estimate of drug-likeness (QED) is 0.834. The molecule has 0 fully saturated rings. The lowest BCUT2D eigenvalue weighted by atomic mass is 10.3. The van der Waals surface area contributed by atoms with Gasteiger partial charge in [-0.3, -0.25) is 9.11 Å². The van der Waals surface area contributed by atoms with E-state index in [0.29, 0.717) is 5.69 Å². The van der Waals surface area contributed by atoms with Crippen LogP contribution >= 0.6 is 0 Å². The molecular weight excluding hydrogens is 243 g/mol. The Morgan fingerprint density at radius 1 is 1.29 bits per heavy atom. The summed E-state index contributed by atoms with van der Waals surface area (Å²) < 4.78 is 23.8. The van der Waals surface area contributed by atoms with Gasteiger partial charge in [-0.25, -0.2) is 9.18 Å². The third-order valence-corrected chi connectivity index (χ3v) is 2.80. The second-order valence-corrected chi connectivity index (χ2v) is 4.45. The molecule has 0 saturated carbocycles. The molecule has 1 heterocycles. The average molecular weight is 252 g/mol. The average Bonchev–Trinajstić information content (AvgIpc) is 2.29. The number of carbonyl (C=O) groups is 1. The van der Waals surface area contributed by atoms with Crippen molar-refractivity contribution in [2.24, 2.45) is 0 Å². The molecule has 1 aromatic carbocycles. The van der Waals surface area contributed by atoms with Crippen LogP contribution in [0.3, 0.4) is 0 Å². The summed E-state index contributed by atoms with van der Waals surface area (Å²) in [6.07, 6.45) is 2.79. The second-order valence-electron chi connectivity index (χ2n) is 3.25. The molecule has 1 aliphatic rings. The lowest BCUT2D eigenvalue weighted by Crippen LogP contribution is -2.27. The van der Waals surface area contributed by atoms with Crippen LogP contribution in [0.2, 0.25) is 0 Å². The standard InChI is InChI=1S/C11H9FN2O2S/c12-9-2-1-3-10(8-9)13-11(15)14-4-6-17(16)7-5-14/h1-8H,(H,13,15). The van der Waals surface area contributed by atoms with Gasteiger partial charge < -0.3 is 5.32 Å². The van der Waals surface area contributed by atoms with Crippen LogP contribution in [0, 0.1) is 5.82 Å². The van der Waals surface area contributed by atoms with Gasteiger partial charge in [0.1, 0.15) is 5.82 Å². The van der Waals surface area contributed by atoms with Crippen LogP contribution in [-0.4, -0.2) is 15.1 Å². The van der Waals surface area contributed by atoms with E-state index in [1.165, 1.54) is 46.3 Å². The molecule has 0 aromatic heterocycles. The first kappa shape index (κ1) is 11.5.